The first-order chi connectivity index (χ1) is 23.9. The van der Waals surface area contributed by atoms with Crippen LogP contribution in [0.4, 0.5) is 0 Å². The minimum Gasteiger partial charge on any atom is -0.487 e. The molecule has 6 fully saturated rings. The van der Waals surface area contributed by atoms with Crippen molar-refractivity contribution in [3.05, 3.63) is 75.4 Å². The molecule has 3 heterocycles. The number of hydrogen-bond acceptors (Lipinski definition) is 8. The van der Waals surface area contributed by atoms with E-state index in [0.717, 1.165) is 37.3 Å². The molecule has 3 aliphatic heterocycles. The molecule has 2 aromatic carbocycles. The van der Waals surface area contributed by atoms with Crippen molar-refractivity contribution in [1.82, 2.24) is 4.90 Å². The van der Waals surface area contributed by atoms with Crippen molar-refractivity contribution in [2.24, 2.45) is 35.5 Å². The summed E-state index contributed by atoms with van der Waals surface area (Å²) in [6.45, 7) is 3.49. The van der Waals surface area contributed by atoms with Gasteiger partial charge in [-0.2, -0.15) is 4.89 Å². The quantitative estimate of drug-likeness (QED) is 0.161. The van der Waals surface area contributed by atoms with Gasteiger partial charge in [0.25, 0.3) is 5.79 Å². The molecule has 4 bridgehead atoms. The molecule has 9 rings (SSSR count). The second kappa shape index (κ2) is 11.9. The number of rotatable bonds is 10. The smallest absolute Gasteiger partial charge is 0.352 e. The van der Waals surface area contributed by atoms with Gasteiger partial charge in [0.05, 0.1) is 23.1 Å². The van der Waals surface area contributed by atoms with Crippen LogP contribution in [0.25, 0.3) is 11.6 Å². The Morgan fingerprint density at radius 2 is 1.70 bits per heavy atom. The van der Waals surface area contributed by atoms with Crippen LogP contribution in [0.15, 0.2) is 48.2 Å². The Kier molecular flexibility index (Phi) is 7.96. The van der Waals surface area contributed by atoms with Crippen LogP contribution in [0.2, 0.25) is 5.02 Å². The fraction of sp³-hybridized carbons (Fsp3) is 0.500. The molecular formula is C38H40ClNO10. The van der Waals surface area contributed by atoms with Gasteiger partial charge in [-0.25, -0.2) is 14.5 Å². The number of aliphatic carboxylic acids is 2. The van der Waals surface area contributed by atoms with Crippen molar-refractivity contribution in [2.75, 3.05) is 7.11 Å². The highest BCUT2D eigenvalue weighted by Crippen LogP contribution is 2.70. The van der Waals surface area contributed by atoms with E-state index in [-0.39, 0.29) is 46.7 Å². The lowest BCUT2D eigenvalue weighted by Gasteiger charge is -2.68. The van der Waals surface area contributed by atoms with E-state index >= 15 is 0 Å². The van der Waals surface area contributed by atoms with Crippen LogP contribution in [0.5, 0.6) is 5.75 Å². The number of aliphatic hydroxyl groups is 1. The Balaban J connectivity index is 1.09. The minimum absolute atomic E-state index is 0.0574. The summed E-state index contributed by atoms with van der Waals surface area (Å²) in [5, 5.41) is 29.9. The number of fused-ring (bicyclic) bond motifs is 1. The SMILES string of the molecule is COC1(c2ccc(/C=C/C(=O)O)c(OCc3ccc(C4=C(C(=O)O)N5C(=O)[C@H]([C@@H](C)O)[C@H]5C4C)cc3)c2Cl)OOC12C1CC3CC(C1)CC2C3. The molecular weight excluding hydrogens is 666 g/mol. The maximum atomic E-state index is 12.8. The summed E-state index contributed by atoms with van der Waals surface area (Å²) in [5.74, 6) is -2.73. The van der Waals surface area contributed by atoms with Crippen LogP contribution < -0.4 is 4.74 Å². The van der Waals surface area contributed by atoms with Gasteiger partial charge in [0, 0.05) is 30.2 Å². The second-order valence-corrected chi connectivity index (χ2v) is 15.3. The molecule has 2 aromatic rings. The van der Waals surface area contributed by atoms with Gasteiger partial charge in [-0.3, -0.25) is 4.79 Å². The monoisotopic (exact) mass is 705 g/mol. The minimum atomic E-state index is -1.25. The summed E-state index contributed by atoms with van der Waals surface area (Å²) in [4.78, 5) is 50.0. The van der Waals surface area contributed by atoms with Gasteiger partial charge >= 0.3 is 11.9 Å². The lowest BCUT2D eigenvalue weighted by atomic mass is 9.47. The zero-order valence-corrected chi connectivity index (χ0v) is 28.8. The van der Waals surface area contributed by atoms with E-state index in [0.29, 0.717) is 34.1 Å². The third kappa shape index (κ3) is 4.60. The van der Waals surface area contributed by atoms with Crippen molar-refractivity contribution in [3.8, 4) is 5.75 Å². The summed E-state index contributed by atoms with van der Waals surface area (Å²) in [6.07, 6.45) is 7.05. The number of benzene rings is 2. The van der Waals surface area contributed by atoms with Crippen molar-refractivity contribution in [1.29, 1.82) is 0 Å². The van der Waals surface area contributed by atoms with Crippen LogP contribution in [0.3, 0.4) is 0 Å². The number of hydrogen-bond donors (Lipinski definition) is 3. The number of ether oxygens (including phenoxy) is 2. The number of carboxylic acid groups (broad SMARTS) is 2. The molecule has 264 valence electrons. The molecule has 0 radical (unpaired) electrons. The zero-order chi connectivity index (χ0) is 35.3. The molecule has 4 aliphatic carbocycles. The highest BCUT2D eigenvalue weighted by atomic mass is 35.5. The van der Waals surface area contributed by atoms with Gasteiger partial charge in [0.15, 0.2) is 5.60 Å². The topological polar surface area (TPSA) is 152 Å². The molecule has 7 aliphatic rings. The molecule has 11 nitrogen and oxygen atoms in total. The predicted molar refractivity (Wildman–Crippen MR) is 179 cm³/mol. The number of carboxylic acids is 2. The highest BCUT2D eigenvalue weighted by Gasteiger charge is 2.77. The number of halogens is 1. The molecule has 5 atom stereocenters. The van der Waals surface area contributed by atoms with E-state index in [1.165, 1.54) is 17.4 Å². The van der Waals surface area contributed by atoms with Crippen LogP contribution in [-0.2, 0) is 41.3 Å². The van der Waals surface area contributed by atoms with Gasteiger partial charge in [0.2, 0.25) is 5.91 Å². The number of methoxy groups -OCH3 is 1. The van der Waals surface area contributed by atoms with Crippen LogP contribution in [0, 0.1) is 35.5 Å². The third-order valence-electron chi connectivity index (χ3n) is 12.4. The Bertz CT molecular complexity index is 1800. The molecule has 3 N–H and O–H groups in total. The number of amides is 1. The lowest BCUT2D eigenvalue weighted by molar-refractivity contribution is -0.645. The first-order valence-electron chi connectivity index (χ1n) is 17.3. The highest BCUT2D eigenvalue weighted by molar-refractivity contribution is 6.33. The van der Waals surface area contributed by atoms with Crippen LogP contribution in [-0.4, -0.2) is 62.9 Å². The van der Waals surface area contributed by atoms with E-state index < -0.39 is 41.4 Å². The van der Waals surface area contributed by atoms with Crippen LogP contribution in [0.1, 0.15) is 68.2 Å². The van der Waals surface area contributed by atoms with E-state index in [4.69, 9.17) is 30.8 Å². The molecule has 2 saturated heterocycles. The maximum absolute atomic E-state index is 12.8. The lowest BCUT2D eigenvalue weighted by Crippen LogP contribution is -2.76. The van der Waals surface area contributed by atoms with Gasteiger partial charge in [0.1, 0.15) is 18.1 Å². The molecule has 1 spiro atoms. The summed E-state index contributed by atoms with van der Waals surface area (Å²) in [6, 6.07) is 10.3. The second-order valence-electron chi connectivity index (χ2n) is 14.9. The molecule has 2 unspecified atom stereocenters. The van der Waals surface area contributed by atoms with Crippen molar-refractivity contribution in [3.63, 3.8) is 0 Å². The summed E-state index contributed by atoms with van der Waals surface area (Å²) < 4.78 is 12.6. The molecule has 0 aromatic heterocycles. The van der Waals surface area contributed by atoms with Crippen molar-refractivity contribution >= 4 is 41.1 Å². The molecule has 1 amide bonds. The van der Waals surface area contributed by atoms with E-state index in [2.05, 4.69) is 0 Å². The van der Waals surface area contributed by atoms with Gasteiger partial charge in [-0.05, 0) is 85.5 Å². The first kappa shape index (κ1) is 33.4. The number of carbonyl (C=O) groups excluding carboxylic acids is 1. The molecule has 50 heavy (non-hydrogen) atoms. The third-order valence-corrected chi connectivity index (χ3v) is 12.7. The number of carbonyl (C=O) groups is 3. The average Bonchev–Trinajstić information content (AvgIpc) is 3.32. The van der Waals surface area contributed by atoms with Crippen molar-refractivity contribution in [2.45, 2.75) is 76.1 Å². The normalized spacial score (nSPS) is 35.7. The number of nitrogens with zero attached hydrogens (tertiary/aromatic N) is 1. The zero-order valence-electron chi connectivity index (χ0n) is 28.0. The van der Waals surface area contributed by atoms with E-state index in [1.807, 2.05) is 19.1 Å². The Labute approximate surface area is 294 Å². The van der Waals surface area contributed by atoms with Gasteiger partial charge in [-0.15, -0.1) is 0 Å². The van der Waals surface area contributed by atoms with Gasteiger partial charge in [-0.1, -0.05) is 54.9 Å². The fourth-order valence-electron chi connectivity index (χ4n) is 10.5. The summed E-state index contributed by atoms with van der Waals surface area (Å²) in [7, 11) is 1.60. The Hall–Kier alpha value is -3.74. The standard InChI is InChI=1S/C38H40ClNO10/c1-18-29(33(36(45)46)40-32(18)30(19(2)41)35(40)44)23-6-4-20(5-7-23)17-48-34-24(9-11-28(42)43)8-10-27(31(34)39)38(47-3)37(49-50-38)25-13-21-12-22(15-25)16-26(37)14-21/h4-11,18-19,21-22,25-26,30,32,41H,12-17H2,1-3H3,(H,42,43)(H,45,46)/b11-9+/t18?,19-,21?,22?,25?,26?,30-,32-,37?,38?/m1/s1. The summed E-state index contributed by atoms with van der Waals surface area (Å²) >= 11 is 7.19. The predicted octanol–water partition coefficient (Wildman–Crippen LogP) is 5.63. The first-order valence-corrected chi connectivity index (χ1v) is 17.7. The summed E-state index contributed by atoms with van der Waals surface area (Å²) in [5.41, 5.74) is 2.22. The number of β-lactam (4-membered cyclic amide) rings is 1. The largest absolute Gasteiger partial charge is 0.487 e. The molecule has 12 heteroatoms. The Morgan fingerprint density at radius 3 is 2.24 bits per heavy atom. The Morgan fingerprint density at radius 1 is 1.04 bits per heavy atom. The maximum Gasteiger partial charge on any atom is 0.352 e. The van der Waals surface area contributed by atoms with Gasteiger partial charge < -0.3 is 29.7 Å². The number of aliphatic hydroxyl groups excluding tert-OH is 1. The van der Waals surface area contributed by atoms with Crippen LogP contribution >= 0.6 is 11.6 Å². The molecule has 4 saturated carbocycles. The van der Waals surface area contributed by atoms with Crippen molar-refractivity contribution < 1.29 is 49.0 Å². The van der Waals surface area contributed by atoms with E-state index in [1.54, 1.807) is 38.3 Å². The average molecular weight is 706 g/mol. The van der Waals surface area contributed by atoms with E-state index in [9.17, 15) is 29.7 Å². The fourth-order valence-corrected chi connectivity index (χ4v) is 10.8.